The molecule has 0 radical (unpaired) electrons. The Morgan fingerprint density at radius 1 is 1.21 bits per heavy atom. The zero-order valence-corrected chi connectivity index (χ0v) is 19.4. The van der Waals surface area contributed by atoms with Gasteiger partial charge in [0.1, 0.15) is 5.60 Å². The normalized spacial score (nSPS) is 15.8. The predicted molar refractivity (Wildman–Crippen MR) is 127 cm³/mol. The molecule has 1 fully saturated rings. The van der Waals surface area contributed by atoms with Gasteiger partial charge in [0.2, 0.25) is 5.88 Å². The Hall–Kier alpha value is -1.87. The maximum Gasteiger partial charge on any atom is 0.213 e. The van der Waals surface area contributed by atoms with Crippen LogP contribution in [0.15, 0.2) is 53.7 Å². The number of guanidine groups is 1. The number of nitrogens with zero attached hydrogens (tertiary/aromatic N) is 2. The van der Waals surface area contributed by atoms with Crippen LogP contribution in [0.4, 0.5) is 0 Å². The van der Waals surface area contributed by atoms with E-state index in [-0.39, 0.29) is 24.0 Å². The number of halogens is 1. The lowest BCUT2D eigenvalue weighted by Crippen LogP contribution is -2.44. The number of nitrogens with one attached hydrogen (secondary N) is 2. The highest BCUT2D eigenvalue weighted by Crippen LogP contribution is 2.29. The van der Waals surface area contributed by atoms with Crippen LogP contribution < -0.4 is 15.4 Å². The molecule has 1 unspecified atom stereocenters. The van der Waals surface area contributed by atoms with Gasteiger partial charge in [-0.05, 0) is 43.7 Å². The second kappa shape index (κ2) is 11.3. The van der Waals surface area contributed by atoms with Crippen LogP contribution in [0.2, 0.25) is 0 Å². The smallest absolute Gasteiger partial charge is 0.213 e. The molecule has 0 aliphatic heterocycles. The lowest BCUT2D eigenvalue weighted by atomic mass is 9.96. The highest BCUT2D eigenvalue weighted by atomic mass is 127. The molecule has 0 bridgehead atoms. The minimum absolute atomic E-state index is 0. The van der Waals surface area contributed by atoms with E-state index in [1.807, 2.05) is 49.4 Å². The summed E-state index contributed by atoms with van der Waals surface area (Å²) in [5.74, 6) is 2.05. The van der Waals surface area contributed by atoms with Gasteiger partial charge in [-0.3, -0.25) is 0 Å². The average molecular weight is 510 g/mol. The second-order valence-corrected chi connectivity index (χ2v) is 7.45. The van der Waals surface area contributed by atoms with E-state index in [4.69, 9.17) is 4.74 Å². The van der Waals surface area contributed by atoms with Gasteiger partial charge in [-0.1, -0.05) is 36.4 Å². The third-order valence-electron chi connectivity index (χ3n) is 4.72. The number of rotatable bonds is 9. The van der Waals surface area contributed by atoms with Crippen molar-refractivity contribution in [3.05, 3.63) is 59.8 Å². The molecule has 1 heterocycles. The van der Waals surface area contributed by atoms with E-state index in [1.165, 1.54) is 12.8 Å². The lowest BCUT2D eigenvalue weighted by Gasteiger charge is -2.25. The molecule has 1 aromatic heterocycles. The number of pyridine rings is 1. The molecular weight excluding hydrogens is 479 g/mol. The highest BCUT2D eigenvalue weighted by molar-refractivity contribution is 14.0. The van der Waals surface area contributed by atoms with Crippen LogP contribution in [0.1, 0.15) is 37.8 Å². The lowest BCUT2D eigenvalue weighted by molar-refractivity contribution is 0.0617. The minimum Gasteiger partial charge on any atom is -0.477 e. The predicted octanol–water partition coefficient (Wildman–Crippen LogP) is 3.45. The number of aliphatic imine (C=N–C) groups is 1. The molecule has 0 saturated heterocycles. The van der Waals surface area contributed by atoms with Crippen molar-refractivity contribution in [2.75, 3.05) is 19.7 Å². The third kappa shape index (κ3) is 7.81. The summed E-state index contributed by atoms with van der Waals surface area (Å²) in [6, 6.07) is 13.5. The molecule has 29 heavy (non-hydrogen) atoms. The highest BCUT2D eigenvalue weighted by Gasteiger charge is 2.23. The summed E-state index contributed by atoms with van der Waals surface area (Å²) < 4.78 is 5.67. The largest absolute Gasteiger partial charge is 0.477 e. The fraction of sp³-hybridized carbons (Fsp3) is 0.455. The molecule has 0 amide bonds. The first-order valence-electron chi connectivity index (χ1n) is 9.94. The Morgan fingerprint density at radius 2 is 1.97 bits per heavy atom. The monoisotopic (exact) mass is 510 g/mol. The van der Waals surface area contributed by atoms with Crippen LogP contribution >= 0.6 is 24.0 Å². The summed E-state index contributed by atoms with van der Waals surface area (Å²) in [5, 5.41) is 17.2. The Morgan fingerprint density at radius 3 is 2.59 bits per heavy atom. The maximum absolute atomic E-state index is 10.7. The van der Waals surface area contributed by atoms with Crippen molar-refractivity contribution in [3.63, 3.8) is 0 Å². The number of ether oxygens (including phenoxy) is 1. The zero-order chi connectivity index (χ0) is 19.8. The minimum atomic E-state index is -0.987. The van der Waals surface area contributed by atoms with Gasteiger partial charge in [0.25, 0.3) is 0 Å². The number of hydrogen-bond acceptors (Lipinski definition) is 4. The SMILES string of the molecule is CCNC(=NCc1ccc(OCC2CC2)nc1)NCC(C)(O)c1ccccc1.I. The molecule has 3 rings (SSSR count). The van der Waals surface area contributed by atoms with Gasteiger partial charge in [0, 0.05) is 18.8 Å². The third-order valence-corrected chi connectivity index (χ3v) is 4.72. The first kappa shape index (κ1) is 23.4. The van der Waals surface area contributed by atoms with E-state index in [9.17, 15) is 5.11 Å². The standard InChI is InChI=1S/C22H30N4O2.HI/c1-3-23-21(26-16-22(2,27)19-7-5-4-6-8-19)25-14-18-11-12-20(24-13-18)28-15-17-9-10-17;/h4-8,11-13,17,27H,3,9-10,14-16H2,1-2H3,(H2,23,25,26);1H. The molecule has 1 atom stereocenters. The topological polar surface area (TPSA) is 78.8 Å². The van der Waals surface area contributed by atoms with Crippen LogP contribution in [0.25, 0.3) is 0 Å². The number of benzene rings is 1. The van der Waals surface area contributed by atoms with Crippen molar-refractivity contribution >= 4 is 29.9 Å². The summed E-state index contributed by atoms with van der Waals surface area (Å²) >= 11 is 0. The van der Waals surface area contributed by atoms with Gasteiger partial charge in [0.05, 0.1) is 19.7 Å². The van der Waals surface area contributed by atoms with Gasteiger partial charge in [-0.2, -0.15) is 0 Å². The number of hydrogen-bond donors (Lipinski definition) is 3. The van der Waals surface area contributed by atoms with Crippen LogP contribution in [0.5, 0.6) is 5.88 Å². The van der Waals surface area contributed by atoms with Crippen molar-refractivity contribution < 1.29 is 9.84 Å². The summed E-state index contributed by atoms with van der Waals surface area (Å²) in [6.07, 6.45) is 4.34. The van der Waals surface area contributed by atoms with Crippen molar-refractivity contribution in [1.82, 2.24) is 15.6 Å². The first-order chi connectivity index (χ1) is 13.6. The Bertz CT molecular complexity index is 762. The summed E-state index contributed by atoms with van der Waals surface area (Å²) in [6.45, 7) is 6.17. The van der Waals surface area contributed by atoms with Crippen LogP contribution in [0, 0.1) is 5.92 Å². The second-order valence-electron chi connectivity index (χ2n) is 7.45. The summed E-state index contributed by atoms with van der Waals surface area (Å²) in [4.78, 5) is 8.95. The van der Waals surface area contributed by atoms with E-state index >= 15 is 0 Å². The zero-order valence-electron chi connectivity index (χ0n) is 17.1. The molecule has 6 nitrogen and oxygen atoms in total. The molecule has 1 aliphatic carbocycles. The average Bonchev–Trinajstić information content (AvgIpc) is 3.54. The van der Waals surface area contributed by atoms with Gasteiger partial charge < -0.3 is 20.5 Å². The van der Waals surface area contributed by atoms with E-state index in [0.717, 1.165) is 24.3 Å². The van der Waals surface area contributed by atoms with Gasteiger partial charge in [-0.15, -0.1) is 24.0 Å². The van der Waals surface area contributed by atoms with Gasteiger partial charge in [0.15, 0.2) is 5.96 Å². The fourth-order valence-electron chi connectivity index (χ4n) is 2.74. The maximum atomic E-state index is 10.7. The molecule has 1 aliphatic rings. The Balaban J connectivity index is 0.00000300. The quantitative estimate of drug-likeness (QED) is 0.274. The fourth-order valence-corrected chi connectivity index (χ4v) is 2.74. The molecule has 3 N–H and O–H groups in total. The first-order valence-corrected chi connectivity index (χ1v) is 9.94. The summed E-state index contributed by atoms with van der Waals surface area (Å²) in [7, 11) is 0. The van der Waals surface area contributed by atoms with Crippen LogP contribution in [0.3, 0.4) is 0 Å². The molecule has 7 heteroatoms. The number of aromatic nitrogens is 1. The van der Waals surface area contributed by atoms with Crippen molar-refractivity contribution in [1.29, 1.82) is 0 Å². The van der Waals surface area contributed by atoms with Gasteiger partial charge in [-0.25, -0.2) is 9.98 Å². The molecule has 158 valence electrons. The van der Waals surface area contributed by atoms with E-state index < -0.39 is 5.60 Å². The Labute approximate surface area is 190 Å². The molecule has 1 saturated carbocycles. The molecular formula is C22H31IN4O2. The van der Waals surface area contributed by atoms with E-state index in [2.05, 4.69) is 20.6 Å². The molecule has 2 aromatic rings. The molecule has 1 aromatic carbocycles. The van der Waals surface area contributed by atoms with Crippen LogP contribution in [-0.2, 0) is 12.1 Å². The molecule has 0 spiro atoms. The van der Waals surface area contributed by atoms with E-state index in [0.29, 0.717) is 30.8 Å². The van der Waals surface area contributed by atoms with Crippen molar-refractivity contribution in [3.8, 4) is 5.88 Å². The number of aliphatic hydroxyl groups is 1. The Kier molecular flexibility index (Phi) is 9.16. The van der Waals surface area contributed by atoms with Gasteiger partial charge >= 0.3 is 0 Å². The van der Waals surface area contributed by atoms with Crippen molar-refractivity contribution in [2.45, 2.75) is 38.8 Å². The van der Waals surface area contributed by atoms with E-state index in [1.54, 1.807) is 13.1 Å². The summed E-state index contributed by atoms with van der Waals surface area (Å²) in [5.41, 5.74) is 0.884. The van der Waals surface area contributed by atoms with Crippen molar-refractivity contribution in [2.24, 2.45) is 10.9 Å². The van der Waals surface area contributed by atoms with Crippen LogP contribution in [-0.4, -0.2) is 35.7 Å².